The van der Waals surface area contributed by atoms with Gasteiger partial charge in [-0.25, -0.2) is 13.8 Å². The molecule has 0 N–H and O–H groups in total. The Labute approximate surface area is 71.6 Å². The molecule has 0 atom stereocenters. The van der Waals surface area contributed by atoms with Crippen molar-refractivity contribution in [2.24, 2.45) is 0 Å². The molecule has 0 aliphatic rings. The van der Waals surface area contributed by atoms with E-state index in [4.69, 9.17) is 11.6 Å². The number of hydrogen-bond acceptors (Lipinski definition) is 2. The summed E-state index contributed by atoms with van der Waals surface area (Å²) in [6.45, 7) is -0.650. The second-order valence-corrected chi connectivity index (χ2v) is 2.48. The van der Waals surface area contributed by atoms with Gasteiger partial charge < -0.3 is 0 Å². The van der Waals surface area contributed by atoms with Gasteiger partial charge in [-0.3, -0.25) is 9.36 Å². The average molecular weight is 195 g/mol. The van der Waals surface area contributed by atoms with E-state index in [0.29, 0.717) is 0 Å². The van der Waals surface area contributed by atoms with Crippen LogP contribution in [0.25, 0.3) is 0 Å². The maximum absolute atomic E-state index is 11.8. The zero-order valence-electron chi connectivity index (χ0n) is 5.88. The molecule has 0 unspecified atom stereocenters. The lowest BCUT2D eigenvalue weighted by Crippen LogP contribution is -2.22. The van der Waals surface area contributed by atoms with E-state index in [0.717, 1.165) is 17.0 Å². The average Bonchev–Trinajstić information content (AvgIpc) is 1.94. The van der Waals surface area contributed by atoms with E-state index in [1.54, 1.807) is 0 Å². The van der Waals surface area contributed by atoms with Crippen LogP contribution in [0.15, 0.2) is 17.2 Å². The minimum atomic E-state index is -2.56. The topological polar surface area (TPSA) is 34.9 Å². The van der Waals surface area contributed by atoms with Crippen LogP contribution in [-0.2, 0) is 6.54 Å². The van der Waals surface area contributed by atoms with Crippen LogP contribution in [-0.4, -0.2) is 16.0 Å². The molecule has 1 aromatic rings. The SMILES string of the molecule is O=c1cc(Cl)ncn1CC(F)F. The summed E-state index contributed by atoms with van der Waals surface area (Å²) in [5.74, 6) is 0. The molecule has 12 heavy (non-hydrogen) atoms. The molecular formula is C6H5ClF2N2O. The van der Waals surface area contributed by atoms with E-state index in [1.165, 1.54) is 0 Å². The normalized spacial score (nSPS) is 10.7. The smallest absolute Gasteiger partial charge is 0.256 e. The van der Waals surface area contributed by atoms with Gasteiger partial charge >= 0.3 is 0 Å². The van der Waals surface area contributed by atoms with Crippen LogP contribution in [0.3, 0.4) is 0 Å². The highest BCUT2D eigenvalue weighted by Crippen LogP contribution is 1.99. The van der Waals surface area contributed by atoms with E-state index in [-0.39, 0.29) is 5.15 Å². The third-order valence-electron chi connectivity index (χ3n) is 1.18. The molecule has 1 aromatic heterocycles. The second-order valence-electron chi connectivity index (χ2n) is 2.09. The van der Waals surface area contributed by atoms with Crippen molar-refractivity contribution in [3.63, 3.8) is 0 Å². The highest BCUT2D eigenvalue weighted by molar-refractivity contribution is 6.29. The number of nitrogens with zero attached hydrogens (tertiary/aromatic N) is 2. The van der Waals surface area contributed by atoms with Gasteiger partial charge in [0.15, 0.2) is 0 Å². The molecule has 0 saturated carbocycles. The minimum absolute atomic E-state index is 0.00511. The summed E-state index contributed by atoms with van der Waals surface area (Å²) in [6.07, 6.45) is -1.57. The molecule has 6 heteroatoms. The Bertz CT molecular complexity index is 326. The zero-order chi connectivity index (χ0) is 9.14. The molecule has 1 rings (SSSR count). The molecular weight excluding hydrogens is 190 g/mol. The quantitative estimate of drug-likeness (QED) is 0.663. The molecule has 0 fully saturated rings. The highest BCUT2D eigenvalue weighted by Gasteiger charge is 2.05. The Morgan fingerprint density at radius 2 is 2.33 bits per heavy atom. The summed E-state index contributed by atoms with van der Waals surface area (Å²) >= 11 is 5.34. The van der Waals surface area contributed by atoms with Crippen molar-refractivity contribution in [3.05, 3.63) is 27.9 Å². The maximum Gasteiger partial charge on any atom is 0.256 e. The van der Waals surface area contributed by atoms with Crippen LogP contribution < -0.4 is 5.56 Å². The molecule has 0 bridgehead atoms. The van der Waals surface area contributed by atoms with E-state index in [1.807, 2.05) is 0 Å². The van der Waals surface area contributed by atoms with Gasteiger partial charge in [0.25, 0.3) is 12.0 Å². The van der Waals surface area contributed by atoms with Crippen molar-refractivity contribution in [1.29, 1.82) is 0 Å². The summed E-state index contributed by atoms with van der Waals surface area (Å²) in [4.78, 5) is 14.4. The highest BCUT2D eigenvalue weighted by atomic mass is 35.5. The minimum Gasteiger partial charge on any atom is -0.293 e. The first-order valence-corrected chi connectivity index (χ1v) is 3.47. The van der Waals surface area contributed by atoms with Crippen molar-refractivity contribution in [1.82, 2.24) is 9.55 Å². The lowest BCUT2D eigenvalue weighted by molar-refractivity contribution is 0.125. The van der Waals surface area contributed by atoms with Crippen molar-refractivity contribution >= 4 is 11.6 Å². The van der Waals surface area contributed by atoms with Gasteiger partial charge in [0.05, 0.1) is 12.9 Å². The first kappa shape index (κ1) is 9.12. The predicted molar refractivity (Wildman–Crippen MR) is 39.5 cm³/mol. The Kier molecular flexibility index (Phi) is 2.75. The van der Waals surface area contributed by atoms with Gasteiger partial charge in [-0.15, -0.1) is 0 Å². The van der Waals surface area contributed by atoms with E-state index < -0.39 is 18.5 Å². The Hall–Kier alpha value is -0.970. The molecule has 3 nitrogen and oxygen atoms in total. The van der Waals surface area contributed by atoms with Crippen LogP contribution in [0.1, 0.15) is 0 Å². The fourth-order valence-corrected chi connectivity index (χ4v) is 0.827. The number of rotatable bonds is 2. The molecule has 0 aromatic carbocycles. The zero-order valence-corrected chi connectivity index (χ0v) is 6.63. The number of hydrogen-bond donors (Lipinski definition) is 0. The molecule has 0 spiro atoms. The lowest BCUT2D eigenvalue weighted by Gasteiger charge is -2.02. The molecule has 0 aliphatic carbocycles. The van der Waals surface area contributed by atoms with Gasteiger partial charge in [0.2, 0.25) is 0 Å². The molecule has 1 heterocycles. The first-order valence-electron chi connectivity index (χ1n) is 3.09. The van der Waals surface area contributed by atoms with Crippen molar-refractivity contribution < 1.29 is 8.78 Å². The Balaban J connectivity index is 2.94. The van der Waals surface area contributed by atoms with Crippen LogP contribution in [0.2, 0.25) is 5.15 Å². The van der Waals surface area contributed by atoms with Crippen molar-refractivity contribution in [2.75, 3.05) is 0 Å². The van der Waals surface area contributed by atoms with Gasteiger partial charge in [0, 0.05) is 6.07 Å². The fourth-order valence-electron chi connectivity index (χ4n) is 0.690. The van der Waals surface area contributed by atoms with E-state index in [9.17, 15) is 13.6 Å². The predicted octanol–water partition coefficient (Wildman–Crippen LogP) is 1.16. The van der Waals surface area contributed by atoms with Crippen LogP contribution in [0.4, 0.5) is 8.78 Å². The summed E-state index contributed by atoms with van der Waals surface area (Å²) in [6, 6.07) is 0.990. The van der Waals surface area contributed by atoms with Crippen molar-refractivity contribution in [2.45, 2.75) is 13.0 Å². The van der Waals surface area contributed by atoms with E-state index >= 15 is 0 Å². The Morgan fingerprint density at radius 1 is 1.67 bits per heavy atom. The maximum atomic E-state index is 11.8. The van der Waals surface area contributed by atoms with Gasteiger partial charge in [-0.1, -0.05) is 11.6 Å². The summed E-state index contributed by atoms with van der Waals surface area (Å²) in [7, 11) is 0. The third-order valence-corrected chi connectivity index (χ3v) is 1.39. The largest absolute Gasteiger partial charge is 0.293 e. The summed E-state index contributed by atoms with van der Waals surface area (Å²) < 4.78 is 24.4. The van der Waals surface area contributed by atoms with Gasteiger partial charge in [0.1, 0.15) is 5.15 Å². The summed E-state index contributed by atoms with van der Waals surface area (Å²) in [5, 5.41) is 0.00511. The van der Waals surface area contributed by atoms with Gasteiger partial charge in [-0.2, -0.15) is 0 Å². The number of aromatic nitrogens is 2. The summed E-state index contributed by atoms with van der Waals surface area (Å²) in [5.41, 5.74) is -0.574. The van der Waals surface area contributed by atoms with Crippen molar-refractivity contribution in [3.8, 4) is 0 Å². The lowest BCUT2D eigenvalue weighted by atomic mass is 10.6. The van der Waals surface area contributed by atoms with Crippen LogP contribution >= 0.6 is 11.6 Å². The molecule has 0 saturated heterocycles. The second kappa shape index (κ2) is 3.62. The van der Waals surface area contributed by atoms with E-state index in [2.05, 4.69) is 4.98 Å². The fraction of sp³-hybridized carbons (Fsp3) is 0.333. The van der Waals surface area contributed by atoms with Crippen LogP contribution in [0.5, 0.6) is 0 Å². The van der Waals surface area contributed by atoms with Crippen LogP contribution in [0, 0.1) is 0 Å². The Morgan fingerprint density at radius 3 is 2.83 bits per heavy atom. The standard InChI is InChI=1S/C6H5ClF2N2O/c7-4-1-6(12)11(3-10-4)2-5(8)9/h1,3,5H,2H2. The molecule has 0 amide bonds. The van der Waals surface area contributed by atoms with Gasteiger partial charge in [-0.05, 0) is 0 Å². The number of alkyl halides is 2. The molecule has 66 valence electrons. The first-order chi connectivity index (χ1) is 5.59. The molecule has 0 radical (unpaired) electrons. The monoisotopic (exact) mass is 194 g/mol. The molecule has 0 aliphatic heterocycles. The number of halogens is 3. The third kappa shape index (κ3) is 2.27.